The second kappa shape index (κ2) is 9.93. The lowest BCUT2D eigenvalue weighted by Gasteiger charge is -2.35. The third kappa shape index (κ3) is 4.72. The van der Waals surface area contributed by atoms with E-state index in [1.807, 2.05) is 75.4 Å². The van der Waals surface area contributed by atoms with Gasteiger partial charge in [-0.15, -0.1) is 0 Å². The highest BCUT2D eigenvalue weighted by Crippen LogP contribution is 2.39. The molecule has 37 heavy (non-hydrogen) atoms. The number of anilines is 1. The van der Waals surface area contributed by atoms with Gasteiger partial charge in [0.05, 0.1) is 23.9 Å². The van der Waals surface area contributed by atoms with Crippen LogP contribution in [0.2, 0.25) is 0 Å². The third-order valence-electron chi connectivity index (χ3n) is 6.69. The average Bonchev–Trinajstić information content (AvgIpc) is 3.36. The summed E-state index contributed by atoms with van der Waals surface area (Å²) >= 11 is 0. The largest absolute Gasteiger partial charge is 0.494 e. The first-order valence-electron chi connectivity index (χ1n) is 12.4. The predicted molar refractivity (Wildman–Crippen MR) is 144 cm³/mol. The number of aromatic nitrogens is 2. The molecule has 3 aromatic carbocycles. The van der Waals surface area contributed by atoms with E-state index in [4.69, 9.17) is 14.2 Å². The first-order valence-corrected chi connectivity index (χ1v) is 12.4. The minimum absolute atomic E-state index is 0.230. The van der Waals surface area contributed by atoms with E-state index < -0.39 is 6.04 Å². The zero-order chi connectivity index (χ0) is 26.1. The lowest BCUT2D eigenvalue weighted by molar-refractivity contribution is 0.244. The number of benzene rings is 3. The molecule has 7 nitrogen and oxygen atoms in total. The molecular formula is C30H30N4O3. The Bertz CT molecular complexity index is 1490. The molecule has 188 valence electrons. The fraction of sp³-hybridized carbons (Fsp3) is 0.233. The van der Waals surface area contributed by atoms with Crippen molar-refractivity contribution in [3.63, 3.8) is 0 Å². The van der Waals surface area contributed by atoms with Crippen molar-refractivity contribution in [2.75, 3.05) is 11.5 Å². The number of amides is 2. The van der Waals surface area contributed by atoms with Crippen LogP contribution in [0.1, 0.15) is 48.0 Å². The van der Waals surface area contributed by atoms with Gasteiger partial charge in [-0.05, 0) is 81.6 Å². The molecule has 0 radical (unpaired) electrons. The van der Waals surface area contributed by atoms with E-state index in [-0.39, 0.29) is 6.03 Å². The molecule has 1 atom stereocenters. The molecule has 0 saturated heterocycles. The molecule has 0 aliphatic carbocycles. The van der Waals surface area contributed by atoms with Gasteiger partial charge >= 0.3 is 6.03 Å². The summed E-state index contributed by atoms with van der Waals surface area (Å²) < 4.78 is 11.4. The quantitative estimate of drug-likeness (QED) is 0.320. The van der Waals surface area contributed by atoms with Crippen molar-refractivity contribution in [3.05, 3.63) is 101 Å². The van der Waals surface area contributed by atoms with Crippen LogP contribution in [0.3, 0.4) is 0 Å². The molecular weight excluding hydrogens is 464 g/mol. The summed E-state index contributed by atoms with van der Waals surface area (Å²) in [7, 11) is 0. The number of hydrogen-bond donors (Lipinski definition) is 1. The molecule has 1 N–H and O–H groups in total. The van der Waals surface area contributed by atoms with Crippen LogP contribution in [0.25, 0.3) is 17.0 Å². The molecule has 0 fully saturated rings. The summed E-state index contributed by atoms with van der Waals surface area (Å²) in [4.78, 5) is 19.9. The van der Waals surface area contributed by atoms with Crippen molar-refractivity contribution in [3.8, 4) is 17.1 Å². The first kappa shape index (κ1) is 24.3. The van der Waals surface area contributed by atoms with E-state index in [9.17, 15) is 4.79 Å². The van der Waals surface area contributed by atoms with Crippen LogP contribution >= 0.6 is 0 Å². The Morgan fingerprint density at radius 1 is 0.973 bits per heavy atom. The van der Waals surface area contributed by atoms with Gasteiger partial charge in [-0.2, -0.15) is 4.98 Å². The van der Waals surface area contributed by atoms with Crippen LogP contribution in [0.4, 0.5) is 10.5 Å². The van der Waals surface area contributed by atoms with Gasteiger partial charge in [-0.25, -0.2) is 4.79 Å². The second-order valence-electron chi connectivity index (χ2n) is 9.28. The van der Waals surface area contributed by atoms with Gasteiger partial charge in [-0.1, -0.05) is 47.1 Å². The lowest BCUT2D eigenvalue weighted by atomic mass is 9.92. The molecule has 5 rings (SSSR count). The van der Waals surface area contributed by atoms with Crippen molar-refractivity contribution < 1.29 is 14.1 Å². The standard InChI is InChI=1S/C30H30N4O3/c1-6-36-25-14-12-24(13-15-25)34-21(5)26(27(31-30(34)35)22-11-10-19(3)20(4)17-22)29-32-28(33-37-29)23-9-7-8-18(2)16-23/h7-17,27H,6H2,1-5H3,(H,31,35). The summed E-state index contributed by atoms with van der Waals surface area (Å²) in [6.07, 6.45) is 0. The van der Waals surface area contributed by atoms with Gasteiger partial charge in [0.25, 0.3) is 5.89 Å². The maximum absolute atomic E-state index is 13.5. The van der Waals surface area contributed by atoms with Crippen molar-refractivity contribution in [1.82, 2.24) is 15.5 Å². The topological polar surface area (TPSA) is 80.5 Å². The number of aryl methyl sites for hydroxylation is 3. The molecule has 2 heterocycles. The maximum atomic E-state index is 13.5. The van der Waals surface area contributed by atoms with E-state index in [0.717, 1.165) is 39.3 Å². The van der Waals surface area contributed by atoms with E-state index in [0.29, 0.717) is 24.0 Å². The minimum Gasteiger partial charge on any atom is -0.494 e. The Labute approximate surface area is 216 Å². The molecule has 1 aromatic heterocycles. The summed E-state index contributed by atoms with van der Waals surface area (Å²) in [5, 5.41) is 7.45. The van der Waals surface area contributed by atoms with Crippen molar-refractivity contribution in [2.45, 2.75) is 40.7 Å². The highest BCUT2D eigenvalue weighted by atomic mass is 16.5. The van der Waals surface area contributed by atoms with E-state index in [1.54, 1.807) is 4.90 Å². The SMILES string of the molecule is CCOc1ccc(N2C(=O)NC(c3ccc(C)c(C)c3)C(c3nc(-c4cccc(C)c4)no3)=C2C)cc1. The van der Waals surface area contributed by atoms with Crippen LogP contribution in [-0.4, -0.2) is 22.8 Å². The van der Waals surface area contributed by atoms with Gasteiger partial charge < -0.3 is 14.6 Å². The zero-order valence-corrected chi connectivity index (χ0v) is 21.7. The maximum Gasteiger partial charge on any atom is 0.326 e. The number of rotatable bonds is 6. The molecule has 0 bridgehead atoms. The van der Waals surface area contributed by atoms with Gasteiger partial charge in [0.15, 0.2) is 0 Å². The van der Waals surface area contributed by atoms with Gasteiger partial charge in [0.2, 0.25) is 5.82 Å². The van der Waals surface area contributed by atoms with Gasteiger partial charge in [0, 0.05) is 11.3 Å². The van der Waals surface area contributed by atoms with Crippen molar-refractivity contribution in [1.29, 1.82) is 0 Å². The first-order chi connectivity index (χ1) is 17.9. The number of carbonyl (C=O) groups excluding carboxylic acids is 1. The lowest BCUT2D eigenvalue weighted by Crippen LogP contribution is -2.46. The van der Waals surface area contributed by atoms with Gasteiger partial charge in [0.1, 0.15) is 5.75 Å². The molecule has 1 unspecified atom stereocenters. The Morgan fingerprint density at radius 2 is 1.76 bits per heavy atom. The van der Waals surface area contributed by atoms with E-state index in [2.05, 4.69) is 36.5 Å². The molecule has 0 saturated carbocycles. The average molecular weight is 495 g/mol. The summed E-state index contributed by atoms with van der Waals surface area (Å²) in [6, 6.07) is 20.9. The molecule has 7 heteroatoms. The fourth-order valence-corrected chi connectivity index (χ4v) is 4.62. The van der Waals surface area contributed by atoms with Crippen LogP contribution in [0.15, 0.2) is 77.0 Å². The summed E-state index contributed by atoms with van der Waals surface area (Å²) in [5.41, 5.74) is 7.45. The number of ether oxygens (including phenoxy) is 1. The molecule has 0 spiro atoms. The number of nitrogens with one attached hydrogen (secondary N) is 1. The normalized spacial score (nSPS) is 15.6. The fourth-order valence-electron chi connectivity index (χ4n) is 4.62. The Hall–Kier alpha value is -4.39. The Balaban J connectivity index is 1.63. The Morgan fingerprint density at radius 3 is 2.46 bits per heavy atom. The van der Waals surface area contributed by atoms with Crippen LogP contribution < -0.4 is 15.0 Å². The monoisotopic (exact) mass is 494 g/mol. The number of nitrogens with zero attached hydrogens (tertiary/aromatic N) is 3. The highest BCUT2D eigenvalue weighted by molar-refractivity contribution is 6.01. The molecule has 4 aromatic rings. The smallest absolute Gasteiger partial charge is 0.326 e. The molecule has 1 aliphatic heterocycles. The van der Waals surface area contributed by atoms with Crippen LogP contribution in [0.5, 0.6) is 5.75 Å². The molecule has 2 amide bonds. The Kier molecular flexibility index (Phi) is 6.53. The number of allylic oxidation sites excluding steroid dienone is 1. The summed E-state index contributed by atoms with van der Waals surface area (Å²) in [6.45, 7) is 10.6. The van der Waals surface area contributed by atoms with Gasteiger partial charge in [-0.3, -0.25) is 4.90 Å². The summed E-state index contributed by atoms with van der Waals surface area (Å²) in [5.74, 6) is 1.62. The predicted octanol–water partition coefficient (Wildman–Crippen LogP) is 6.76. The number of urea groups is 1. The number of hydrogen-bond acceptors (Lipinski definition) is 5. The zero-order valence-electron chi connectivity index (χ0n) is 21.7. The van der Waals surface area contributed by atoms with Crippen molar-refractivity contribution >= 4 is 17.3 Å². The second-order valence-corrected chi connectivity index (χ2v) is 9.28. The highest BCUT2D eigenvalue weighted by Gasteiger charge is 2.36. The van der Waals surface area contributed by atoms with Crippen molar-refractivity contribution in [2.24, 2.45) is 0 Å². The van der Waals surface area contributed by atoms with Crippen LogP contribution in [0, 0.1) is 20.8 Å². The number of carbonyl (C=O) groups is 1. The van der Waals surface area contributed by atoms with Crippen LogP contribution in [-0.2, 0) is 0 Å². The van der Waals surface area contributed by atoms with E-state index >= 15 is 0 Å². The third-order valence-corrected chi connectivity index (χ3v) is 6.69. The minimum atomic E-state index is -0.448. The molecule has 1 aliphatic rings. The van der Waals surface area contributed by atoms with E-state index in [1.165, 1.54) is 5.56 Å².